The molecular formula is C21H20N2O6S. The molecule has 1 saturated heterocycles. The number of rotatable bonds is 5. The van der Waals surface area contributed by atoms with E-state index in [1.54, 1.807) is 0 Å². The predicted molar refractivity (Wildman–Crippen MR) is 110 cm³/mol. The van der Waals surface area contributed by atoms with Crippen molar-refractivity contribution in [2.75, 3.05) is 6.61 Å². The van der Waals surface area contributed by atoms with Crippen LogP contribution in [-0.4, -0.2) is 49.8 Å². The zero-order valence-corrected chi connectivity index (χ0v) is 16.5. The third-order valence-electron chi connectivity index (χ3n) is 4.92. The van der Waals surface area contributed by atoms with Gasteiger partial charge in [-0.3, -0.25) is 14.3 Å². The lowest BCUT2D eigenvalue weighted by Crippen LogP contribution is -2.38. The second-order valence-electron chi connectivity index (χ2n) is 6.85. The summed E-state index contributed by atoms with van der Waals surface area (Å²) in [6.45, 7) is -0.515. The van der Waals surface area contributed by atoms with E-state index in [-0.39, 0.29) is 4.90 Å². The van der Waals surface area contributed by atoms with Gasteiger partial charge in [0.15, 0.2) is 6.23 Å². The van der Waals surface area contributed by atoms with Gasteiger partial charge in [-0.1, -0.05) is 60.3 Å². The van der Waals surface area contributed by atoms with Crippen molar-refractivity contribution in [2.45, 2.75) is 34.3 Å². The number of aliphatic hydroxyl groups is 3. The number of aromatic nitrogens is 2. The lowest BCUT2D eigenvalue weighted by molar-refractivity contribution is -0.0553. The monoisotopic (exact) mass is 428 g/mol. The summed E-state index contributed by atoms with van der Waals surface area (Å²) in [5.41, 5.74) is 0.549. The fourth-order valence-electron chi connectivity index (χ4n) is 3.37. The van der Waals surface area contributed by atoms with Gasteiger partial charge >= 0.3 is 5.69 Å². The molecule has 0 aliphatic carbocycles. The Morgan fingerprint density at radius 2 is 1.67 bits per heavy atom. The summed E-state index contributed by atoms with van der Waals surface area (Å²) in [4.78, 5) is 28.0. The number of aromatic amines is 1. The molecule has 2 heterocycles. The van der Waals surface area contributed by atoms with E-state index in [2.05, 4.69) is 4.98 Å². The van der Waals surface area contributed by atoms with Gasteiger partial charge in [-0.25, -0.2) is 4.79 Å². The zero-order valence-electron chi connectivity index (χ0n) is 15.7. The summed E-state index contributed by atoms with van der Waals surface area (Å²) in [6.07, 6.45) is -3.74. The highest BCUT2D eigenvalue weighted by molar-refractivity contribution is 7.99. The Bertz CT molecular complexity index is 1150. The smallest absolute Gasteiger partial charge is 0.330 e. The van der Waals surface area contributed by atoms with E-state index in [0.29, 0.717) is 0 Å². The Morgan fingerprint density at radius 3 is 2.37 bits per heavy atom. The number of ether oxygens (including phenoxy) is 1. The van der Waals surface area contributed by atoms with E-state index in [1.165, 1.54) is 18.0 Å². The normalized spacial score (nSPS) is 23.6. The maximum Gasteiger partial charge on any atom is 0.330 e. The average Bonchev–Trinajstić information content (AvgIpc) is 3.05. The van der Waals surface area contributed by atoms with Gasteiger partial charge in [-0.2, -0.15) is 0 Å². The van der Waals surface area contributed by atoms with Crippen molar-refractivity contribution in [3.05, 3.63) is 81.6 Å². The Kier molecular flexibility index (Phi) is 5.89. The van der Waals surface area contributed by atoms with E-state index < -0.39 is 42.4 Å². The van der Waals surface area contributed by atoms with Gasteiger partial charge in [0.25, 0.3) is 5.56 Å². The minimum Gasteiger partial charge on any atom is -0.394 e. The number of nitrogens with zero attached hydrogens (tertiary/aromatic N) is 1. The van der Waals surface area contributed by atoms with Crippen LogP contribution in [0.2, 0.25) is 0 Å². The standard InChI is InChI=1S/C21H20N2O6S/c24-11-14-17(25)18(26)20(29-14)23-10-16(19(27)22-21(23)28)30-15-9-5-4-8-13(15)12-6-2-1-3-7-12/h1-10,14,17-18,20,24-26H,11H2,(H,22,27,28)/t14-,17-,18-,20-/m1/s1. The molecule has 9 heteroatoms. The van der Waals surface area contributed by atoms with Crippen LogP contribution in [0, 0.1) is 0 Å². The first-order chi connectivity index (χ1) is 14.5. The highest BCUT2D eigenvalue weighted by atomic mass is 32.2. The molecule has 3 aromatic rings. The predicted octanol–water partition coefficient (Wildman–Crippen LogP) is 0.966. The Balaban J connectivity index is 1.72. The largest absolute Gasteiger partial charge is 0.394 e. The first-order valence-corrected chi connectivity index (χ1v) is 10.1. The molecule has 0 radical (unpaired) electrons. The quantitative estimate of drug-likeness (QED) is 0.477. The summed E-state index contributed by atoms with van der Waals surface area (Å²) in [7, 11) is 0. The number of benzene rings is 2. The molecule has 0 unspecified atom stereocenters. The third-order valence-corrected chi connectivity index (χ3v) is 6.00. The van der Waals surface area contributed by atoms with Gasteiger partial charge in [-0.05, 0) is 17.2 Å². The Morgan fingerprint density at radius 1 is 0.967 bits per heavy atom. The van der Waals surface area contributed by atoms with Crippen LogP contribution in [-0.2, 0) is 4.74 Å². The molecule has 1 aromatic heterocycles. The van der Waals surface area contributed by atoms with Crippen LogP contribution < -0.4 is 11.2 Å². The van der Waals surface area contributed by atoms with Crippen molar-refractivity contribution in [3.8, 4) is 11.1 Å². The third kappa shape index (κ3) is 3.85. The van der Waals surface area contributed by atoms with Crippen LogP contribution in [0.1, 0.15) is 6.23 Å². The molecule has 1 aliphatic heterocycles. The van der Waals surface area contributed by atoms with Crippen molar-refractivity contribution in [2.24, 2.45) is 0 Å². The van der Waals surface area contributed by atoms with E-state index >= 15 is 0 Å². The summed E-state index contributed by atoms with van der Waals surface area (Å²) < 4.78 is 6.45. The van der Waals surface area contributed by atoms with E-state index in [4.69, 9.17) is 4.74 Å². The van der Waals surface area contributed by atoms with Crippen molar-refractivity contribution in [1.29, 1.82) is 0 Å². The van der Waals surface area contributed by atoms with Crippen molar-refractivity contribution in [1.82, 2.24) is 9.55 Å². The highest BCUT2D eigenvalue weighted by Gasteiger charge is 2.43. The Labute approximate surface area is 175 Å². The first-order valence-electron chi connectivity index (χ1n) is 9.30. The number of hydrogen-bond donors (Lipinski definition) is 4. The van der Waals surface area contributed by atoms with E-state index in [9.17, 15) is 24.9 Å². The van der Waals surface area contributed by atoms with E-state index in [0.717, 1.165) is 20.6 Å². The molecule has 4 atom stereocenters. The van der Waals surface area contributed by atoms with E-state index in [1.807, 2.05) is 54.6 Å². The van der Waals surface area contributed by atoms with Gasteiger partial charge in [0.2, 0.25) is 0 Å². The first kappa shape index (κ1) is 20.6. The fraction of sp³-hybridized carbons (Fsp3) is 0.238. The number of aliphatic hydroxyl groups excluding tert-OH is 3. The summed E-state index contributed by atoms with van der Waals surface area (Å²) in [5.74, 6) is 0. The van der Waals surface area contributed by atoms with Crippen molar-refractivity contribution >= 4 is 11.8 Å². The molecule has 30 heavy (non-hydrogen) atoms. The van der Waals surface area contributed by atoms with Gasteiger partial charge in [0.05, 0.1) is 11.5 Å². The molecule has 4 rings (SSSR count). The minimum atomic E-state index is -1.43. The van der Waals surface area contributed by atoms with Crippen LogP contribution in [0.3, 0.4) is 0 Å². The van der Waals surface area contributed by atoms with Crippen LogP contribution in [0.15, 0.2) is 80.2 Å². The Hall–Kier alpha value is -2.69. The van der Waals surface area contributed by atoms with Gasteiger partial charge in [-0.15, -0.1) is 0 Å². The molecule has 156 valence electrons. The number of H-pyrrole nitrogens is 1. The lowest BCUT2D eigenvalue weighted by atomic mass is 10.1. The molecule has 0 saturated carbocycles. The molecule has 0 spiro atoms. The van der Waals surface area contributed by atoms with Gasteiger partial charge in [0.1, 0.15) is 18.3 Å². The molecule has 0 amide bonds. The highest BCUT2D eigenvalue weighted by Crippen LogP contribution is 2.35. The fourth-order valence-corrected chi connectivity index (χ4v) is 4.36. The second-order valence-corrected chi connectivity index (χ2v) is 7.94. The van der Waals surface area contributed by atoms with Crippen LogP contribution >= 0.6 is 11.8 Å². The maximum atomic E-state index is 12.4. The topological polar surface area (TPSA) is 125 Å². The summed E-state index contributed by atoms with van der Waals surface area (Å²) in [6, 6.07) is 17.2. The SMILES string of the molecule is O=c1[nH]c(=O)n([C@@H]2O[C@H](CO)[C@@H](O)[C@H]2O)cc1Sc1ccccc1-c1ccccc1. The summed E-state index contributed by atoms with van der Waals surface area (Å²) >= 11 is 1.17. The zero-order chi connectivity index (χ0) is 21.3. The van der Waals surface area contributed by atoms with Crippen LogP contribution in [0.4, 0.5) is 0 Å². The average molecular weight is 428 g/mol. The molecule has 8 nitrogen and oxygen atoms in total. The molecule has 1 fully saturated rings. The molecule has 2 aromatic carbocycles. The number of nitrogens with one attached hydrogen (secondary N) is 1. The molecule has 0 bridgehead atoms. The molecule has 4 N–H and O–H groups in total. The summed E-state index contributed by atoms with van der Waals surface area (Å²) in [5, 5.41) is 29.5. The minimum absolute atomic E-state index is 0.218. The lowest BCUT2D eigenvalue weighted by Gasteiger charge is -2.18. The maximum absolute atomic E-state index is 12.4. The van der Waals surface area contributed by atoms with Gasteiger partial charge < -0.3 is 20.1 Å². The molecule has 1 aliphatic rings. The molecular weight excluding hydrogens is 408 g/mol. The van der Waals surface area contributed by atoms with Crippen molar-refractivity contribution in [3.63, 3.8) is 0 Å². The van der Waals surface area contributed by atoms with Gasteiger partial charge in [0, 0.05) is 11.1 Å². The second kappa shape index (κ2) is 8.58. The van der Waals surface area contributed by atoms with Crippen LogP contribution in [0.25, 0.3) is 11.1 Å². The van der Waals surface area contributed by atoms with Crippen LogP contribution in [0.5, 0.6) is 0 Å². The van der Waals surface area contributed by atoms with Crippen molar-refractivity contribution < 1.29 is 20.1 Å². The number of hydrogen-bond acceptors (Lipinski definition) is 7.